The molecule has 3 amide bonds. The van der Waals surface area contributed by atoms with E-state index in [2.05, 4.69) is 10.1 Å². The number of carbonyl (C=O) groups is 4. The highest BCUT2D eigenvalue weighted by atomic mass is 19.1. The van der Waals surface area contributed by atoms with E-state index in [9.17, 15) is 19.2 Å². The molecule has 12 rings (SSSR count). The summed E-state index contributed by atoms with van der Waals surface area (Å²) in [6.07, 6.45) is 12.6. The van der Waals surface area contributed by atoms with Gasteiger partial charge in [-0.3, -0.25) is 24.1 Å². The summed E-state index contributed by atoms with van der Waals surface area (Å²) in [5.74, 6) is 1.58. The third kappa shape index (κ3) is 5.19. The van der Waals surface area contributed by atoms with Crippen molar-refractivity contribution in [2.24, 2.45) is 57.8 Å². The van der Waals surface area contributed by atoms with E-state index >= 15 is 8.78 Å². The van der Waals surface area contributed by atoms with E-state index in [0.29, 0.717) is 86.6 Å². The van der Waals surface area contributed by atoms with Crippen molar-refractivity contribution in [3.8, 4) is 0 Å². The molecule has 13 heteroatoms. The second-order valence-electron chi connectivity index (χ2n) is 18.9. The zero-order chi connectivity index (χ0) is 35.0. The molecule has 0 aromatic heterocycles. The molecule has 0 aromatic carbocycles. The highest BCUT2D eigenvalue weighted by Gasteiger charge is 2.66. The van der Waals surface area contributed by atoms with Gasteiger partial charge in [-0.15, -0.1) is 0 Å². The van der Waals surface area contributed by atoms with Gasteiger partial charge in [0.15, 0.2) is 0 Å². The molecule has 6 unspecified atom stereocenters. The minimum absolute atomic E-state index is 0.0680. The van der Waals surface area contributed by atoms with Gasteiger partial charge in [0.25, 0.3) is 7.41 Å². The van der Waals surface area contributed by atoms with Gasteiger partial charge in [0, 0.05) is 18.5 Å². The average molecular weight is 692 g/mol. The first-order chi connectivity index (χ1) is 23.8. The van der Waals surface area contributed by atoms with Crippen LogP contribution in [0.25, 0.3) is 4.85 Å². The maximum absolute atomic E-state index is 15.4. The Morgan fingerprint density at radius 1 is 0.780 bits per heavy atom. The zero-order valence-corrected chi connectivity index (χ0v) is 28.8. The molecule has 2 aliphatic heterocycles. The minimum atomic E-state index is -1.19. The number of piperidine rings is 2. The number of amides is 3. The van der Waals surface area contributed by atoms with Crippen molar-refractivity contribution in [2.45, 2.75) is 150 Å². The Hall–Kier alpha value is -2.59. The fourth-order valence-corrected chi connectivity index (χ4v) is 14.2. The summed E-state index contributed by atoms with van der Waals surface area (Å²) in [5, 5.41) is 3.02. The molecule has 12 aliphatic rings. The van der Waals surface area contributed by atoms with E-state index in [1.807, 2.05) is 0 Å². The zero-order valence-electron chi connectivity index (χ0n) is 28.8. The van der Waals surface area contributed by atoms with Gasteiger partial charge in [-0.1, -0.05) is 0 Å². The van der Waals surface area contributed by atoms with Gasteiger partial charge in [-0.2, -0.15) is 0 Å². The van der Waals surface area contributed by atoms with E-state index in [-0.39, 0.29) is 35.5 Å². The summed E-state index contributed by atoms with van der Waals surface area (Å²) in [6, 6.07) is -1.54. The van der Waals surface area contributed by atoms with Crippen LogP contribution in [0.15, 0.2) is 0 Å². The molecular formula is C37H50BF2N6O4. The van der Waals surface area contributed by atoms with Crippen LogP contribution in [0.4, 0.5) is 8.78 Å². The van der Waals surface area contributed by atoms with Crippen LogP contribution in [0, 0.1) is 52.9 Å². The van der Waals surface area contributed by atoms with Crippen molar-refractivity contribution in [3.05, 3.63) is 11.4 Å². The standard InChI is InChI=1S/C19H26BFN3O3.C18H24FN3O/c21-19-6-10-1-11(7-19)5-18(4-10,8-19)15(23-20-9-25)17(27)24-13-2-12(13)3-14(24)16(22)26;1-21-14-4-12-3-13(12)22(14)16(23)15(20)17-5-10-2-11(6-17)8-18(19,7-10)9-17/h9-15,23H,1-8H2,(H2,22,26);10-15H,2-9,20H2/t10?,11?,12-,13?,14-,15+,18?,19?;10?,11?,12-,13?,14-,15+,17?,18?/m00/s1. The van der Waals surface area contributed by atoms with Crippen molar-refractivity contribution < 1.29 is 28.0 Å². The minimum Gasteiger partial charge on any atom is -0.368 e. The Kier molecular flexibility index (Phi) is 7.46. The summed E-state index contributed by atoms with van der Waals surface area (Å²) in [6.45, 7) is 7.36. The second kappa shape index (κ2) is 11.2. The van der Waals surface area contributed by atoms with Crippen LogP contribution in [-0.2, 0) is 19.2 Å². The van der Waals surface area contributed by atoms with Crippen LogP contribution in [0.5, 0.6) is 0 Å². The predicted octanol–water partition coefficient (Wildman–Crippen LogP) is 3.03. The Balaban J connectivity index is 0.000000136. The van der Waals surface area contributed by atoms with Crippen LogP contribution in [0.2, 0.25) is 0 Å². The molecule has 2 saturated heterocycles. The van der Waals surface area contributed by atoms with Gasteiger partial charge in [0.1, 0.15) is 17.4 Å². The highest BCUT2D eigenvalue weighted by Crippen LogP contribution is 2.66. The van der Waals surface area contributed by atoms with Gasteiger partial charge >= 0.3 is 6.17 Å². The third-order valence-electron chi connectivity index (χ3n) is 15.4. The number of alkyl halides is 2. The third-order valence-corrected chi connectivity index (χ3v) is 15.4. The summed E-state index contributed by atoms with van der Waals surface area (Å²) >= 11 is 0. The van der Waals surface area contributed by atoms with Crippen LogP contribution < -0.4 is 16.7 Å². The molecule has 5 N–H and O–H groups in total. The summed E-state index contributed by atoms with van der Waals surface area (Å²) in [5.41, 5.74) is 8.94. The summed E-state index contributed by atoms with van der Waals surface area (Å²) in [4.78, 5) is 56.7. The predicted molar refractivity (Wildman–Crippen MR) is 179 cm³/mol. The largest absolute Gasteiger partial charge is 0.368 e. The van der Waals surface area contributed by atoms with Crippen molar-refractivity contribution in [2.75, 3.05) is 0 Å². The number of likely N-dealkylation sites (tertiary alicyclic amines) is 2. The number of rotatable bonds is 8. The first kappa shape index (κ1) is 33.3. The number of hydrogen-bond donors (Lipinski definition) is 3. The Labute approximate surface area is 293 Å². The number of hydrogen-bond acceptors (Lipinski definition) is 6. The van der Waals surface area contributed by atoms with Gasteiger partial charge in [-0.05, 0) is 143 Å². The van der Waals surface area contributed by atoms with Gasteiger partial charge in [0.05, 0.1) is 18.3 Å². The molecule has 12 atom stereocenters. The number of nitrogens with zero attached hydrogens (tertiary/aromatic N) is 3. The van der Waals surface area contributed by atoms with E-state index in [1.165, 1.54) is 7.41 Å². The first-order valence-electron chi connectivity index (χ1n) is 19.2. The fourth-order valence-electron chi connectivity index (χ4n) is 14.2. The lowest BCUT2D eigenvalue weighted by molar-refractivity contribution is -0.160. The monoisotopic (exact) mass is 691 g/mol. The molecule has 0 aromatic rings. The average Bonchev–Trinajstić information content (AvgIpc) is 3.91. The van der Waals surface area contributed by atoms with E-state index in [1.54, 1.807) is 9.80 Å². The molecule has 10 aliphatic carbocycles. The molecule has 12 fully saturated rings. The Bertz CT molecular complexity index is 1510. The van der Waals surface area contributed by atoms with E-state index < -0.39 is 40.8 Å². The maximum atomic E-state index is 15.4. The number of carbonyl (C=O) groups excluding carboxylic acids is 4. The van der Waals surface area contributed by atoms with Gasteiger partial charge in [-0.25, -0.2) is 15.4 Å². The molecule has 2 heterocycles. The summed E-state index contributed by atoms with van der Waals surface area (Å²) < 4.78 is 30.6. The number of nitrogens with one attached hydrogen (secondary N) is 1. The Morgan fingerprint density at radius 3 is 1.82 bits per heavy atom. The molecule has 1 radical (unpaired) electrons. The lowest BCUT2D eigenvalue weighted by atomic mass is 9.46. The van der Waals surface area contributed by atoms with E-state index in [4.69, 9.17) is 18.0 Å². The highest BCUT2D eigenvalue weighted by molar-refractivity contribution is 6.64. The van der Waals surface area contributed by atoms with Crippen molar-refractivity contribution in [3.63, 3.8) is 0 Å². The maximum Gasteiger partial charge on any atom is 0.301 e. The number of primary amides is 1. The van der Waals surface area contributed by atoms with Gasteiger partial charge in [0.2, 0.25) is 17.7 Å². The van der Waals surface area contributed by atoms with Crippen LogP contribution >= 0.6 is 0 Å². The SMILES string of the molecule is NC(=O)[C@@H]1C[C@@H]2CC2N1C(=O)[C@@H](N[B]C=O)C12CC3CC(CC(F)(C3)C1)C2.[C-]#[N+][C@@H]1C[C@@H]2CC2N1C(=O)[C@@H](N)C12CC3CC(CC(F)(C3)C1)C2. The first-order valence-corrected chi connectivity index (χ1v) is 19.2. The summed E-state index contributed by atoms with van der Waals surface area (Å²) in [7, 11) is 1.26. The second-order valence-corrected chi connectivity index (χ2v) is 18.9. The van der Waals surface area contributed by atoms with Crippen molar-refractivity contribution in [1.29, 1.82) is 0 Å². The number of halogens is 2. The van der Waals surface area contributed by atoms with Crippen molar-refractivity contribution in [1.82, 2.24) is 15.0 Å². The lowest BCUT2D eigenvalue weighted by Crippen LogP contribution is -2.66. The smallest absolute Gasteiger partial charge is 0.301 e. The lowest BCUT2D eigenvalue weighted by Gasteiger charge is -2.61. The van der Waals surface area contributed by atoms with Crippen molar-refractivity contribution >= 4 is 31.3 Å². The Morgan fingerprint density at radius 2 is 1.30 bits per heavy atom. The molecule has 8 bridgehead atoms. The van der Waals surface area contributed by atoms with E-state index in [0.717, 1.165) is 57.8 Å². The molecular weight excluding hydrogens is 641 g/mol. The number of nitrogens with two attached hydrogens (primary N) is 2. The fraction of sp³-hybridized carbons (Fsp3) is 0.865. The van der Waals surface area contributed by atoms with Crippen LogP contribution in [-0.4, -0.2) is 88.8 Å². The molecule has 50 heavy (non-hydrogen) atoms. The molecule has 10 nitrogen and oxygen atoms in total. The molecule has 0 spiro atoms. The van der Waals surface area contributed by atoms with Crippen LogP contribution in [0.1, 0.15) is 103 Å². The molecule has 10 saturated carbocycles. The van der Waals surface area contributed by atoms with Crippen LogP contribution in [0.3, 0.4) is 0 Å². The normalized spacial score (nSPS) is 50.4. The quantitative estimate of drug-likeness (QED) is 0.203. The topological polar surface area (TPSA) is 143 Å². The van der Waals surface area contributed by atoms with Gasteiger partial charge < -0.3 is 26.4 Å². The number of fused-ring (bicyclic) bond motifs is 2. The molecule has 269 valence electrons.